The number of rotatable bonds is 0. The molecule has 2 aliphatic carbocycles. The fourth-order valence-electron chi connectivity index (χ4n) is 4.09. The molecular formula is C19H18O3. The maximum atomic E-state index is 13.2. The van der Waals surface area contributed by atoms with Gasteiger partial charge in [0.05, 0.1) is 0 Å². The molecule has 0 saturated heterocycles. The van der Waals surface area contributed by atoms with Crippen LogP contribution in [0.15, 0.2) is 36.4 Å². The van der Waals surface area contributed by atoms with E-state index < -0.39 is 5.41 Å². The van der Waals surface area contributed by atoms with E-state index in [1.165, 1.54) is 0 Å². The lowest BCUT2D eigenvalue weighted by atomic mass is 9.75. The number of aromatic hydroxyl groups is 2. The number of hydrogen-bond donors (Lipinski definition) is 2. The molecule has 2 aliphatic rings. The summed E-state index contributed by atoms with van der Waals surface area (Å²) in [6.45, 7) is 0. The lowest BCUT2D eigenvalue weighted by molar-refractivity contribution is 0.0792. The van der Waals surface area contributed by atoms with Crippen molar-refractivity contribution in [2.75, 3.05) is 0 Å². The number of carbonyl (C=O) groups is 1. The van der Waals surface area contributed by atoms with Crippen molar-refractivity contribution in [3.05, 3.63) is 58.7 Å². The average molecular weight is 294 g/mol. The second kappa shape index (κ2) is 4.60. The summed E-state index contributed by atoms with van der Waals surface area (Å²) < 4.78 is 0. The summed E-state index contributed by atoms with van der Waals surface area (Å²) in [6.07, 6.45) is 4.13. The van der Waals surface area contributed by atoms with Crippen molar-refractivity contribution in [1.29, 1.82) is 0 Å². The SMILES string of the molecule is O=C1c2cc(O)ccc2CCCC12Cc1ccc(O)cc1C2. The Kier molecular flexibility index (Phi) is 2.80. The lowest BCUT2D eigenvalue weighted by Crippen LogP contribution is -2.31. The first-order chi connectivity index (χ1) is 10.6. The number of fused-ring (bicyclic) bond motifs is 2. The number of ketones is 1. The largest absolute Gasteiger partial charge is 0.508 e. The number of carbonyl (C=O) groups excluding carboxylic acids is 1. The van der Waals surface area contributed by atoms with E-state index in [4.69, 9.17) is 0 Å². The number of aryl methyl sites for hydroxylation is 1. The summed E-state index contributed by atoms with van der Waals surface area (Å²) in [5.74, 6) is 0.554. The minimum atomic E-state index is -0.408. The third kappa shape index (κ3) is 1.92. The summed E-state index contributed by atoms with van der Waals surface area (Å²) in [4.78, 5) is 13.2. The van der Waals surface area contributed by atoms with Gasteiger partial charge in [0.15, 0.2) is 5.78 Å². The van der Waals surface area contributed by atoms with Gasteiger partial charge in [-0.25, -0.2) is 0 Å². The topological polar surface area (TPSA) is 57.5 Å². The summed E-state index contributed by atoms with van der Waals surface area (Å²) in [6, 6.07) is 10.6. The van der Waals surface area contributed by atoms with Crippen molar-refractivity contribution in [2.24, 2.45) is 5.41 Å². The highest BCUT2D eigenvalue weighted by molar-refractivity contribution is 6.03. The highest BCUT2D eigenvalue weighted by atomic mass is 16.3. The van der Waals surface area contributed by atoms with E-state index in [1.54, 1.807) is 24.3 Å². The second-order valence-corrected chi connectivity index (χ2v) is 6.61. The van der Waals surface area contributed by atoms with Gasteiger partial charge < -0.3 is 10.2 Å². The molecule has 2 aromatic rings. The van der Waals surface area contributed by atoms with Crippen LogP contribution in [0.2, 0.25) is 0 Å². The molecule has 0 saturated carbocycles. The van der Waals surface area contributed by atoms with E-state index in [9.17, 15) is 15.0 Å². The van der Waals surface area contributed by atoms with Crippen LogP contribution in [0.5, 0.6) is 11.5 Å². The van der Waals surface area contributed by atoms with Crippen molar-refractivity contribution < 1.29 is 15.0 Å². The molecule has 0 fully saturated rings. The third-order valence-corrected chi connectivity index (χ3v) is 5.17. The molecule has 112 valence electrons. The summed E-state index contributed by atoms with van der Waals surface area (Å²) in [5, 5.41) is 19.4. The van der Waals surface area contributed by atoms with Crippen molar-refractivity contribution in [1.82, 2.24) is 0 Å². The number of hydrogen-bond acceptors (Lipinski definition) is 3. The van der Waals surface area contributed by atoms with Gasteiger partial charge in [-0.05, 0) is 73.1 Å². The van der Waals surface area contributed by atoms with E-state index in [1.807, 2.05) is 12.1 Å². The van der Waals surface area contributed by atoms with Gasteiger partial charge in [-0.3, -0.25) is 4.79 Å². The molecule has 1 unspecified atom stereocenters. The minimum absolute atomic E-state index is 0.145. The molecule has 22 heavy (non-hydrogen) atoms. The van der Waals surface area contributed by atoms with Crippen LogP contribution in [0.25, 0.3) is 0 Å². The first-order valence-corrected chi connectivity index (χ1v) is 7.75. The van der Waals surface area contributed by atoms with Crippen LogP contribution in [0.1, 0.15) is 39.9 Å². The molecule has 0 aliphatic heterocycles. The van der Waals surface area contributed by atoms with Gasteiger partial charge in [0.25, 0.3) is 0 Å². The molecule has 1 spiro atoms. The van der Waals surface area contributed by atoms with Crippen molar-refractivity contribution in [3.8, 4) is 11.5 Å². The highest BCUT2D eigenvalue weighted by Gasteiger charge is 2.45. The molecule has 3 heteroatoms. The molecule has 0 amide bonds. The molecular weight excluding hydrogens is 276 g/mol. The first-order valence-electron chi connectivity index (χ1n) is 7.75. The molecule has 0 aromatic heterocycles. The van der Waals surface area contributed by atoms with E-state index in [-0.39, 0.29) is 17.3 Å². The molecule has 2 aromatic carbocycles. The van der Waals surface area contributed by atoms with E-state index >= 15 is 0 Å². The predicted molar refractivity (Wildman–Crippen MR) is 83.3 cm³/mol. The van der Waals surface area contributed by atoms with Crippen LogP contribution in [0, 0.1) is 5.41 Å². The maximum absolute atomic E-state index is 13.2. The van der Waals surface area contributed by atoms with Crippen LogP contribution in [-0.4, -0.2) is 16.0 Å². The Morgan fingerprint density at radius 1 is 0.864 bits per heavy atom. The fraction of sp³-hybridized carbons (Fsp3) is 0.316. The van der Waals surface area contributed by atoms with Gasteiger partial charge in [0.2, 0.25) is 0 Å². The van der Waals surface area contributed by atoms with Gasteiger partial charge in [0.1, 0.15) is 11.5 Å². The smallest absolute Gasteiger partial charge is 0.170 e. The van der Waals surface area contributed by atoms with Crippen LogP contribution in [0.3, 0.4) is 0 Å². The van der Waals surface area contributed by atoms with Gasteiger partial charge in [-0.15, -0.1) is 0 Å². The summed E-state index contributed by atoms with van der Waals surface area (Å²) >= 11 is 0. The zero-order valence-electron chi connectivity index (χ0n) is 12.3. The van der Waals surface area contributed by atoms with Gasteiger partial charge in [-0.2, -0.15) is 0 Å². The number of benzene rings is 2. The van der Waals surface area contributed by atoms with Crippen LogP contribution < -0.4 is 0 Å². The van der Waals surface area contributed by atoms with Gasteiger partial charge in [-0.1, -0.05) is 12.1 Å². The molecule has 4 rings (SSSR count). The van der Waals surface area contributed by atoms with Crippen LogP contribution in [-0.2, 0) is 19.3 Å². The third-order valence-electron chi connectivity index (χ3n) is 5.17. The van der Waals surface area contributed by atoms with E-state index in [0.29, 0.717) is 12.0 Å². The Bertz CT molecular complexity index is 778. The Balaban J connectivity index is 1.79. The highest BCUT2D eigenvalue weighted by Crippen LogP contribution is 2.46. The second-order valence-electron chi connectivity index (χ2n) is 6.61. The Hall–Kier alpha value is -2.29. The summed E-state index contributed by atoms with van der Waals surface area (Å²) in [7, 11) is 0. The molecule has 1 atom stereocenters. The fourth-order valence-corrected chi connectivity index (χ4v) is 4.09. The summed E-state index contributed by atoms with van der Waals surface area (Å²) in [5.41, 5.74) is 3.55. The number of phenols is 2. The van der Waals surface area contributed by atoms with Crippen LogP contribution in [0.4, 0.5) is 0 Å². The quantitative estimate of drug-likeness (QED) is 0.783. The standard InChI is InChI=1S/C19H18O3/c20-15-6-4-13-10-19(11-14(13)8-15)7-1-2-12-3-5-16(21)9-17(12)18(19)22/h3-6,8-9,20-21H,1-2,7,10-11H2. The Morgan fingerprint density at radius 2 is 1.55 bits per heavy atom. The normalized spacial score (nSPS) is 23.2. The number of phenolic OH excluding ortho intramolecular Hbond substituents is 2. The zero-order valence-corrected chi connectivity index (χ0v) is 12.3. The van der Waals surface area contributed by atoms with Crippen LogP contribution >= 0.6 is 0 Å². The minimum Gasteiger partial charge on any atom is -0.508 e. The number of Topliss-reactive ketones (excluding diaryl/α,β-unsaturated/α-hetero) is 1. The van der Waals surface area contributed by atoms with Gasteiger partial charge >= 0.3 is 0 Å². The average Bonchev–Trinajstić information content (AvgIpc) is 2.80. The molecule has 0 bridgehead atoms. The van der Waals surface area contributed by atoms with Gasteiger partial charge in [0, 0.05) is 11.0 Å². The zero-order chi connectivity index (χ0) is 15.3. The van der Waals surface area contributed by atoms with Crippen molar-refractivity contribution >= 4 is 5.78 Å². The predicted octanol–water partition coefficient (Wildman–Crippen LogP) is 3.40. The Labute approximate surface area is 129 Å². The lowest BCUT2D eigenvalue weighted by Gasteiger charge is -2.26. The monoisotopic (exact) mass is 294 g/mol. The first kappa shape index (κ1) is 13.4. The van der Waals surface area contributed by atoms with E-state index in [0.717, 1.165) is 42.4 Å². The molecule has 3 nitrogen and oxygen atoms in total. The van der Waals surface area contributed by atoms with E-state index in [2.05, 4.69) is 0 Å². The van der Waals surface area contributed by atoms with Crippen molar-refractivity contribution in [2.45, 2.75) is 32.1 Å². The molecule has 0 heterocycles. The molecule has 2 N–H and O–H groups in total. The van der Waals surface area contributed by atoms with Crippen molar-refractivity contribution in [3.63, 3.8) is 0 Å². The maximum Gasteiger partial charge on any atom is 0.170 e. The Morgan fingerprint density at radius 3 is 2.36 bits per heavy atom. The molecule has 0 radical (unpaired) electrons.